The summed E-state index contributed by atoms with van der Waals surface area (Å²) in [5.74, 6) is 0.817. The smallest absolute Gasteiger partial charge is 0.337 e. The zero-order valence-electron chi connectivity index (χ0n) is 12.0. The molecule has 0 aliphatic carbocycles. The van der Waals surface area contributed by atoms with Gasteiger partial charge in [0.25, 0.3) is 0 Å². The van der Waals surface area contributed by atoms with E-state index in [-0.39, 0.29) is 11.7 Å². The monoisotopic (exact) mass is 294 g/mol. The van der Waals surface area contributed by atoms with E-state index >= 15 is 0 Å². The van der Waals surface area contributed by atoms with Gasteiger partial charge in [-0.15, -0.1) is 0 Å². The molecule has 0 aliphatic heterocycles. The fourth-order valence-corrected chi connectivity index (χ4v) is 5.66. The van der Waals surface area contributed by atoms with Gasteiger partial charge in [-0.1, -0.05) is 18.7 Å². The molecule has 6 heteroatoms. The Hall–Kier alpha value is 0.117. The molecule has 0 amide bonds. The van der Waals surface area contributed by atoms with E-state index in [1.165, 1.54) is 18.9 Å². The summed E-state index contributed by atoms with van der Waals surface area (Å²) in [4.78, 5) is 11.3. The number of carbonyl (C=O) groups excluding carboxylic acids is 1. The molecular formula is C12H26O4SSi. The van der Waals surface area contributed by atoms with Crippen LogP contribution in [0.3, 0.4) is 0 Å². The average molecular weight is 294 g/mol. The molecule has 0 aliphatic rings. The van der Waals surface area contributed by atoms with Gasteiger partial charge < -0.3 is 13.6 Å². The summed E-state index contributed by atoms with van der Waals surface area (Å²) >= 11 is 1.34. The van der Waals surface area contributed by atoms with E-state index in [4.69, 9.17) is 13.6 Å². The van der Waals surface area contributed by atoms with Crippen molar-refractivity contribution in [2.75, 3.05) is 32.7 Å². The predicted molar refractivity (Wildman–Crippen MR) is 78.3 cm³/mol. The summed E-state index contributed by atoms with van der Waals surface area (Å²) in [6, 6.07) is 1.92. The zero-order valence-corrected chi connectivity index (χ0v) is 13.8. The quantitative estimate of drug-likeness (QED) is 0.433. The molecule has 0 heterocycles. The van der Waals surface area contributed by atoms with Crippen molar-refractivity contribution in [2.24, 2.45) is 0 Å². The van der Waals surface area contributed by atoms with Gasteiger partial charge in [-0.25, -0.2) is 0 Å². The van der Waals surface area contributed by atoms with Crippen LogP contribution in [-0.2, 0) is 18.4 Å². The zero-order chi connectivity index (χ0) is 13.9. The minimum atomic E-state index is -2.02. The lowest BCUT2D eigenvalue weighted by Crippen LogP contribution is -2.41. The topological polar surface area (TPSA) is 44.8 Å². The van der Waals surface area contributed by atoms with E-state index in [1.807, 2.05) is 13.8 Å². The van der Waals surface area contributed by atoms with Crippen LogP contribution in [0.1, 0.15) is 27.2 Å². The second-order valence-corrected chi connectivity index (χ2v) is 8.65. The van der Waals surface area contributed by atoms with Crippen molar-refractivity contribution in [3.8, 4) is 0 Å². The maximum atomic E-state index is 11.3. The Morgan fingerprint density at radius 1 is 1.17 bits per heavy atom. The molecule has 0 aromatic carbocycles. The number of hydrogen-bond acceptors (Lipinski definition) is 5. The summed E-state index contributed by atoms with van der Waals surface area (Å²) in [6.45, 7) is 7.74. The van der Waals surface area contributed by atoms with Crippen LogP contribution in [0.4, 0.5) is 0 Å². The third-order valence-electron chi connectivity index (χ3n) is 2.58. The van der Waals surface area contributed by atoms with Crippen LogP contribution in [-0.4, -0.2) is 46.4 Å². The summed E-state index contributed by atoms with van der Waals surface area (Å²) in [5, 5.41) is 0.0917. The Balaban J connectivity index is 3.99. The third kappa shape index (κ3) is 7.53. The molecule has 0 aromatic heterocycles. The molecule has 0 saturated heterocycles. The number of thioether (sulfide) groups is 1. The fraction of sp³-hybridized carbons (Fsp3) is 0.917. The molecule has 0 bridgehead atoms. The second-order valence-electron chi connectivity index (χ2n) is 3.89. The number of ether oxygens (including phenoxy) is 1. The van der Waals surface area contributed by atoms with Crippen LogP contribution >= 0.6 is 11.8 Å². The van der Waals surface area contributed by atoms with Crippen LogP contribution in [0.5, 0.6) is 0 Å². The molecule has 0 spiro atoms. The van der Waals surface area contributed by atoms with Crippen LogP contribution in [0, 0.1) is 0 Å². The number of hydrogen-bond donors (Lipinski definition) is 0. The van der Waals surface area contributed by atoms with Gasteiger partial charge in [0.15, 0.2) is 0 Å². The van der Waals surface area contributed by atoms with E-state index in [1.54, 1.807) is 0 Å². The van der Waals surface area contributed by atoms with Crippen molar-refractivity contribution in [1.29, 1.82) is 0 Å². The first-order chi connectivity index (χ1) is 8.64. The molecule has 18 heavy (non-hydrogen) atoms. The molecule has 0 rings (SSSR count). The highest BCUT2D eigenvalue weighted by atomic mass is 32.2. The highest BCUT2D eigenvalue weighted by Gasteiger charge is 2.34. The van der Waals surface area contributed by atoms with E-state index in [9.17, 15) is 4.79 Å². The molecule has 108 valence electrons. The van der Waals surface area contributed by atoms with Gasteiger partial charge in [0.1, 0.15) is 6.61 Å². The molecule has 0 aromatic rings. The van der Waals surface area contributed by atoms with Crippen molar-refractivity contribution in [1.82, 2.24) is 0 Å². The summed E-state index contributed by atoms with van der Waals surface area (Å²) in [6.07, 6.45) is 0.959. The summed E-state index contributed by atoms with van der Waals surface area (Å²) < 4.78 is 16.5. The van der Waals surface area contributed by atoms with Crippen molar-refractivity contribution < 1.29 is 18.4 Å². The molecule has 4 nitrogen and oxygen atoms in total. The standard InChI is InChI=1S/C12H26O4SSi/c1-5-15-18(7-3,16-6-2)10-8-9-17-12(13)11-14-4/h5-11H2,1-4H3. The maximum absolute atomic E-state index is 11.3. The molecule has 0 radical (unpaired) electrons. The number of methoxy groups -OCH3 is 1. The first kappa shape index (κ1) is 18.1. The van der Waals surface area contributed by atoms with Crippen LogP contribution in [0.15, 0.2) is 0 Å². The lowest BCUT2D eigenvalue weighted by Gasteiger charge is -2.28. The van der Waals surface area contributed by atoms with Crippen LogP contribution in [0.2, 0.25) is 12.1 Å². The predicted octanol–water partition coefficient (Wildman–Crippen LogP) is 2.82. The van der Waals surface area contributed by atoms with E-state index in [2.05, 4.69) is 6.92 Å². The van der Waals surface area contributed by atoms with Gasteiger partial charge in [-0.2, -0.15) is 0 Å². The van der Waals surface area contributed by atoms with Crippen LogP contribution < -0.4 is 0 Å². The Morgan fingerprint density at radius 2 is 1.78 bits per heavy atom. The molecule has 0 unspecified atom stereocenters. The van der Waals surface area contributed by atoms with Crippen LogP contribution in [0.25, 0.3) is 0 Å². The Labute approximate surface area is 116 Å². The maximum Gasteiger partial charge on any atom is 0.337 e. The first-order valence-electron chi connectivity index (χ1n) is 6.56. The average Bonchev–Trinajstić information content (AvgIpc) is 2.35. The summed E-state index contributed by atoms with van der Waals surface area (Å²) in [7, 11) is -0.477. The minimum absolute atomic E-state index is 0.0917. The Bertz CT molecular complexity index is 220. The van der Waals surface area contributed by atoms with Crippen molar-refractivity contribution in [2.45, 2.75) is 39.3 Å². The normalized spacial score (nSPS) is 11.8. The van der Waals surface area contributed by atoms with E-state index in [0.717, 1.165) is 24.3 Å². The van der Waals surface area contributed by atoms with E-state index < -0.39 is 8.56 Å². The van der Waals surface area contributed by atoms with E-state index in [0.29, 0.717) is 13.2 Å². The lowest BCUT2D eigenvalue weighted by molar-refractivity contribution is -0.114. The largest absolute Gasteiger partial charge is 0.394 e. The Morgan fingerprint density at radius 3 is 2.22 bits per heavy atom. The Kier molecular flexibility index (Phi) is 11.1. The van der Waals surface area contributed by atoms with Crippen molar-refractivity contribution >= 4 is 25.4 Å². The van der Waals surface area contributed by atoms with Gasteiger partial charge in [0.2, 0.25) is 5.12 Å². The highest BCUT2D eigenvalue weighted by Crippen LogP contribution is 2.22. The molecular weight excluding hydrogens is 268 g/mol. The second kappa shape index (κ2) is 11.0. The first-order valence-corrected chi connectivity index (χ1v) is 9.78. The minimum Gasteiger partial charge on any atom is -0.394 e. The van der Waals surface area contributed by atoms with Crippen molar-refractivity contribution in [3.05, 3.63) is 0 Å². The number of carbonyl (C=O) groups is 1. The van der Waals surface area contributed by atoms with Crippen molar-refractivity contribution in [3.63, 3.8) is 0 Å². The lowest BCUT2D eigenvalue weighted by atomic mass is 10.6. The SMILES string of the molecule is CCO[Si](CC)(CCCSC(=O)COC)OCC. The summed E-state index contributed by atoms with van der Waals surface area (Å²) in [5.41, 5.74) is 0. The fourth-order valence-electron chi connectivity index (χ4n) is 1.78. The van der Waals surface area contributed by atoms with Gasteiger partial charge in [-0.3, -0.25) is 4.79 Å². The highest BCUT2D eigenvalue weighted by molar-refractivity contribution is 8.13. The molecule has 0 saturated carbocycles. The number of rotatable bonds is 11. The molecule has 0 N–H and O–H groups in total. The van der Waals surface area contributed by atoms with Gasteiger partial charge in [-0.05, 0) is 32.4 Å². The molecule has 0 atom stereocenters. The van der Waals surface area contributed by atoms with Gasteiger partial charge in [0.05, 0.1) is 0 Å². The van der Waals surface area contributed by atoms with Gasteiger partial charge >= 0.3 is 8.56 Å². The molecule has 0 fully saturated rings. The third-order valence-corrected chi connectivity index (χ3v) is 7.34. The van der Waals surface area contributed by atoms with Gasteiger partial charge in [0, 0.05) is 26.1 Å².